The predicted molar refractivity (Wildman–Crippen MR) is 126 cm³/mol. The monoisotopic (exact) mass is 452 g/mol. The molecule has 0 radical (unpaired) electrons. The van der Waals surface area contributed by atoms with Gasteiger partial charge in [0.1, 0.15) is 10.1 Å². The second kappa shape index (κ2) is 8.57. The van der Waals surface area contributed by atoms with Crippen molar-refractivity contribution in [2.75, 3.05) is 13.2 Å². The molecule has 0 aliphatic carbocycles. The van der Waals surface area contributed by atoms with Crippen molar-refractivity contribution in [2.45, 2.75) is 25.5 Å². The van der Waals surface area contributed by atoms with Crippen molar-refractivity contribution in [3.63, 3.8) is 0 Å². The average molecular weight is 453 g/mol. The van der Waals surface area contributed by atoms with Crippen LogP contribution in [0.25, 0.3) is 17.0 Å². The summed E-state index contributed by atoms with van der Waals surface area (Å²) in [6.45, 7) is 1.82. The van der Waals surface area contributed by atoms with Crippen LogP contribution in [0.15, 0.2) is 59.6 Å². The molecule has 4 nitrogen and oxygen atoms in total. The van der Waals surface area contributed by atoms with Crippen LogP contribution in [0.2, 0.25) is 0 Å². The standard InChI is InChI=1S/C24H21FN2O2S2/c25-18-6-3-5-16(11-18)13-26-14-17(20-8-1-2-9-21(20)26)12-22-23(28)27(24(30)31-22)15-19-7-4-10-29-19/h1-3,5-6,8-9,11-12,14,19H,4,7,10,13,15H2/b22-12-/t19-/m1/s1. The lowest BCUT2D eigenvalue weighted by atomic mass is 10.1. The normalized spacial score (nSPS) is 20.5. The molecule has 3 aromatic rings. The summed E-state index contributed by atoms with van der Waals surface area (Å²) in [5.41, 5.74) is 2.87. The highest BCUT2D eigenvalue weighted by Gasteiger charge is 2.34. The number of carbonyl (C=O) groups is 1. The molecule has 0 bridgehead atoms. The second-order valence-corrected chi connectivity index (χ2v) is 9.46. The Labute approximate surface area is 189 Å². The lowest BCUT2D eigenvalue weighted by Crippen LogP contribution is -2.35. The van der Waals surface area contributed by atoms with Crippen molar-refractivity contribution in [1.29, 1.82) is 0 Å². The Morgan fingerprint density at radius 1 is 1.23 bits per heavy atom. The lowest BCUT2D eigenvalue weighted by molar-refractivity contribution is -0.123. The van der Waals surface area contributed by atoms with E-state index >= 15 is 0 Å². The van der Waals surface area contributed by atoms with Crippen molar-refractivity contribution in [2.24, 2.45) is 0 Å². The van der Waals surface area contributed by atoms with Crippen molar-refractivity contribution in [3.05, 3.63) is 76.6 Å². The number of carbonyl (C=O) groups excluding carboxylic acids is 1. The van der Waals surface area contributed by atoms with Crippen LogP contribution < -0.4 is 0 Å². The fraction of sp³-hybridized carbons (Fsp3) is 0.250. The average Bonchev–Trinajstić information content (AvgIpc) is 3.45. The number of nitrogens with zero attached hydrogens (tertiary/aromatic N) is 2. The van der Waals surface area contributed by atoms with E-state index in [2.05, 4.69) is 4.57 Å². The number of halogens is 1. The maximum atomic E-state index is 13.6. The van der Waals surface area contributed by atoms with Crippen LogP contribution in [0.4, 0.5) is 4.39 Å². The molecule has 2 aliphatic rings. The summed E-state index contributed by atoms with van der Waals surface area (Å²) < 4.78 is 22.0. The van der Waals surface area contributed by atoms with Crippen LogP contribution in [-0.2, 0) is 16.1 Å². The van der Waals surface area contributed by atoms with E-state index in [4.69, 9.17) is 17.0 Å². The first-order valence-electron chi connectivity index (χ1n) is 10.3. The number of fused-ring (bicyclic) bond motifs is 1. The second-order valence-electron chi connectivity index (χ2n) is 7.79. The number of amides is 1. The molecule has 5 rings (SSSR count). The van der Waals surface area contributed by atoms with Crippen molar-refractivity contribution < 1.29 is 13.9 Å². The molecule has 7 heteroatoms. The maximum Gasteiger partial charge on any atom is 0.266 e. The van der Waals surface area contributed by atoms with Crippen LogP contribution >= 0.6 is 24.0 Å². The minimum absolute atomic E-state index is 0.0625. The fourth-order valence-electron chi connectivity index (χ4n) is 4.14. The zero-order valence-electron chi connectivity index (χ0n) is 16.8. The predicted octanol–water partition coefficient (Wildman–Crippen LogP) is 5.21. The summed E-state index contributed by atoms with van der Waals surface area (Å²) >= 11 is 6.81. The third-order valence-corrected chi connectivity index (χ3v) is 7.01. The highest BCUT2D eigenvalue weighted by atomic mass is 32.2. The maximum absolute atomic E-state index is 13.6. The number of hydrogen-bond acceptors (Lipinski definition) is 4. The van der Waals surface area contributed by atoms with Gasteiger partial charge in [0.2, 0.25) is 0 Å². The minimum Gasteiger partial charge on any atom is -0.376 e. The Hall–Kier alpha value is -2.48. The molecule has 0 unspecified atom stereocenters. The van der Waals surface area contributed by atoms with Gasteiger partial charge in [-0.2, -0.15) is 0 Å². The number of para-hydroxylation sites is 1. The minimum atomic E-state index is -0.246. The van der Waals surface area contributed by atoms with E-state index in [0.29, 0.717) is 22.3 Å². The van der Waals surface area contributed by atoms with E-state index in [1.165, 1.54) is 17.8 Å². The van der Waals surface area contributed by atoms with E-state index in [1.807, 2.05) is 42.6 Å². The largest absolute Gasteiger partial charge is 0.376 e. The molecule has 31 heavy (non-hydrogen) atoms. The van der Waals surface area contributed by atoms with Crippen molar-refractivity contribution in [1.82, 2.24) is 9.47 Å². The molecule has 2 saturated heterocycles. The van der Waals surface area contributed by atoms with E-state index in [-0.39, 0.29) is 17.8 Å². The van der Waals surface area contributed by atoms with Crippen LogP contribution in [0.5, 0.6) is 0 Å². The molecule has 0 N–H and O–H groups in total. The van der Waals surface area contributed by atoms with Crippen LogP contribution in [0.1, 0.15) is 24.0 Å². The summed E-state index contributed by atoms with van der Waals surface area (Å²) in [5, 5.41) is 1.04. The quantitative estimate of drug-likeness (QED) is 0.393. The van der Waals surface area contributed by atoms with Gasteiger partial charge >= 0.3 is 0 Å². The van der Waals surface area contributed by atoms with Crippen molar-refractivity contribution in [3.8, 4) is 0 Å². The highest BCUT2D eigenvalue weighted by Crippen LogP contribution is 2.35. The molecule has 1 aromatic heterocycles. The number of ether oxygens (including phenoxy) is 1. The SMILES string of the molecule is O=C1/C(=C/c2cn(Cc3cccc(F)c3)c3ccccc23)SC(=S)N1C[C@H]1CCCO1. The number of thiocarbonyl (C=S) groups is 1. The van der Waals surface area contributed by atoms with Crippen LogP contribution in [0, 0.1) is 5.82 Å². The first-order valence-corrected chi connectivity index (χ1v) is 11.5. The molecule has 2 aromatic carbocycles. The molecular formula is C24H21FN2O2S2. The molecule has 2 fully saturated rings. The van der Waals surface area contributed by atoms with Gasteiger partial charge in [-0.1, -0.05) is 54.3 Å². The number of rotatable bonds is 5. The molecule has 0 saturated carbocycles. The van der Waals surface area contributed by atoms with Gasteiger partial charge in [0.15, 0.2) is 0 Å². The summed E-state index contributed by atoms with van der Waals surface area (Å²) in [7, 11) is 0. The Balaban J connectivity index is 1.45. The van der Waals surface area contributed by atoms with Crippen LogP contribution in [0.3, 0.4) is 0 Å². The molecule has 1 amide bonds. The number of benzene rings is 2. The topological polar surface area (TPSA) is 34.5 Å². The zero-order valence-corrected chi connectivity index (χ0v) is 18.4. The molecule has 1 atom stereocenters. The third kappa shape index (κ3) is 4.18. The summed E-state index contributed by atoms with van der Waals surface area (Å²) in [6, 6.07) is 14.7. The van der Waals surface area contributed by atoms with Gasteiger partial charge in [0, 0.05) is 35.8 Å². The number of thioether (sulfide) groups is 1. The Morgan fingerprint density at radius 2 is 2.10 bits per heavy atom. The Morgan fingerprint density at radius 3 is 2.90 bits per heavy atom. The van der Waals surface area contributed by atoms with Crippen molar-refractivity contribution >= 4 is 51.2 Å². The van der Waals surface area contributed by atoms with E-state index in [1.54, 1.807) is 17.0 Å². The van der Waals surface area contributed by atoms with E-state index < -0.39 is 0 Å². The van der Waals surface area contributed by atoms with Gasteiger partial charge in [-0.05, 0) is 42.7 Å². The fourth-order valence-corrected chi connectivity index (χ4v) is 5.41. The summed E-state index contributed by atoms with van der Waals surface area (Å²) in [6.07, 6.45) is 5.99. The number of aromatic nitrogens is 1. The molecule has 0 spiro atoms. The Bertz CT molecular complexity index is 1200. The molecular weight excluding hydrogens is 431 g/mol. The number of hydrogen-bond donors (Lipinski definition) is 0. The molecule has 3 heterocycles. The Kier molecular flexibility index (Phi) is 5.65. The smallest absolute Gasteiger partial charge is 0.266 e. The highest BCUT2D eigenvalue weighted by molar-refractivity contribution is 8.26. The van der Waals surface area contributed by atoms with Crippen LogP contribution in [-0.4, -0.2) is 39.0 Å². The third-order valence-electron chi connectivity index (χ3n) is 5.63. The molecule has 2 aliphatic heterocycles. The van der Waals surface area contributed by atoms with Gasteiger partial charge < -0.3 is 9.30 Å². The van der Waals surface area contributed by atoms with Gasteiger partial charge in [-0.15, -0.1) is 0 Å². The first-order chi connectivity index (χ1) is 15.1. The summed E-state index contributed by atoms with van der Waals surface area (Å²) in [5.74, 6) is -0.309. The van der Waals surface area contributed by atoms with Gasteiger partial charge in [-0.3, -0.25) is 9.69 Å². The van der Waals surface area contributed by atoms with Gasteiger partial charge in [-0.25, -0.2) is 4.39 Å². The van der Waals surface area contributed by atoms with E-state index in [0.717, 1.165) is 41.5 Å². The first kappa shape index (κ1) is 20.4. The molecule has 158 valence electrons. The van der Waals surface area contributed by atoms with Gasteiger partial charge in [0.05, 0.1) is 17.6 Å². The lowest BCUT2D eigenvalue weighted by Gasteiger charge is -2.18. The summed E-state index contributed by atoms with van der Waals surface area (Å²) in [4.78, 5) is 15.3. The van der Waals surface area contributed by atoms with E-state index in [9.17, 15) is 9.18 Å². The van der Waals surface area contributed by atoms with Gasteiger partial charge in [0.25, 0.3) is 5.91 Å². The zero-order chi connectivity index (χ0) is 21.4.